The average molecular weight is 272 g/mol. The van der Waals surface area contributed by atoms with Crippen LogP contribution in [0.2, 0.25) is 0 Å². The van der Waals surface area contributed by atoms with Gasteiger partial charge in [0.25, 0.3) is 5.91 Å². The molecule has 20 heavy (non-hydrogen) atoms. The number of carbonyl (C=O) groups excluding carboxylic acids is 2. The van der Waals surface area contributed by atoms with Gasteiger partial charge in [-0.2, -0.15) is 0 Å². The molecule has 1 saturated heterocycles. The average Bonchev–Trinajstić information content (AvgIpc) is 2.94. The monoisotopic (exact) mass is 272 g/mol. The maximum atomic E-state index is 12.4. The number of nitrogens with zero attached hydrogens (tertiary/aromatic N) is 4. The highest BCUT2D eigenvalue weighted by molar-refractivity contribution is 5.95. The lowest BCUT2D eigenvalue weighted by atomic mass is 10.2. The molecule has 0 saturated carbocycles. The molecule has 2 aromatic heterocycles. The molecule has 0 bridgehead atoms. The van der Waals surface area contributed by atoms with Crippen LogP contribution in [0, 0.1) is 0 Å². The molecule has 1 aliphatic rings. The van der Waals surface area contributed by atoms with Crippen molar-refractivity contribution >= 4 is 17.3 Å². The summed E-state index contributed by atoms with van der Waals surface area (Å²) in [6, 6.07) is 3.64. The van der Waals surface area contributed by atoms with Gasteiger partial charge in [-0.3, -0.25) is 9.59 Å². The maximum Gasteiger partial charge on any atom is 0.254 e. The van der Waals surface area contributed by atoms with Gasteiger partial charge >= 0.3 is 0 Å². The van der Waals surface area contributed by atoms with Gasteiger partial charge in [-0.05, 0) is 12.1 Å². The molecule has 6 nitrogen and oxygen atoms in total. The second-order valence-corrected chi connectivity index (χ2v) is 4.94. The number of carbonyl (C=O) groups is 2. The lowest BCUT2D eigenvalue weighted by Gasteiger charge is -2.34. The highest BCUT2D eigenvalue weighted by Crippen LogP contribution is 2.11. The summed E-state index contributed by atoms with van der Waals surface area (Å²) in [5, 5.41) is 0. The first-order valence-electron chi connectivity index (χ1n) is 6.61. The van der Waals surface area contributed by atoms with E-state index in [4.69, 9.17) is 0 Å². The van der Waals surface area contributed by atoms with Crippen LogP contribution >= 0.6 is 0 Å². The molecule has 3 rings (SSSR count). The number of rotatable bonds is 1. The molecule has 1 fully saturated rings. The van der Waals surface area contributed by atoms with Gasteiger partial charge in [0, 0.05) is 44.9 Å². The van der Waals surface area contributed by atoms with E-state index in [1.54, 1.807) is 35.3 Å². The third kappa shape index (κ3) is 2.24. The van der Waals surface area contributed by atoms with Crippen LogP contribution in [0.1, 0.15) is 17.3 Å². The van der Waals surface area contributed by atoms with Crippen molar-refractivity contribution in [2.45, 2.75) is 6.92 Å². The standard InChI is InChI=1S/C14H16N4O2/c1-11(19)16-4-6-17(7-5-16)14(20)12-2-3-18-10-15-9-13(18)8-12/h2-3,8-10H,4-7H2,1H3. The van der Waals surface area contributed by atoms with Crippen LogP contribution < -0.4 is 0 Å². The molecule has 0 spiro atoms. The summed E-state index contributed by atoms with van der Waals surface area (Å²) in [6.45, 7) is 3.95. The van der Waals surface area contributed by atoms with Crippen molar-refractivity contribution in [3.63, 3.8) is 0 Å². The number of pyridine rings is 1. The van der Waals surface area contributed by atoms with Crippen LogP contribution in [-0.4, -0.2) is 57.2 Å². The van der Waals surface area contributed by atoms with Crippen LogP contribution in [0.25, 0.3) is 5.52 Å². The Morgan fingerprint density at radius 2 is 1.85 bits per heavy atom. The Hall–Kier alpha value is -2.37. The van der Waals surface area contributed by atoms with Gasteiger partial charge in [-0.15, -0.1) is 0 Å². The molecule has 1 aliphatic heterocycles. The molecule has 3 heterocycles. The Kier molecular flexibility index (Phi) is 3.14. The SMILES string of the molecule is CC(=O)N1CCN(C(=O)c2ccn3cncc3c2)CC1. The van der Waals surface area contributed by atoms with Gasteiger partial charge in [0.05, 0.1) is 18.0 Å². The largest absolute Gasteiger partial charge is 0.339 e. The highest BCUT2D eigenvalue weighted by atomic mass is 16.2. The number of imidazole rings is 1. The summed E-state index contributed by atoms with van der Waals surface area (Å²) in [5.74, 6) is 0.0784. The van der Waals surface area contributed by atoms with Crippen molar-refractivity contribution in [1.29, 1.82) is 0 Å². The van der Waals surface area contributed by atoms with Crippen LogP contribution in [-0.2, 0) is 4.79 Å². The fourth-order valence-corrected chi connectivity index (χ4v) is 2.46. The summed E-state index contributed by atoms with van der Waals surface area (Å²) >= 11 is 0. The first-order valence-corrected chi connectivity index (χ1v) is 6.61. The normalized spacial score (nSPS) is 15.7. The predicted octanol–water partition coefficient (Wildman–Crippen LogP) is 0.639. The van der Waals surface area contributed by atoms with E-state index in [0.717, 1.165) is 5.52 Å². The number of hydrogen-bond donors (Lipinski definition) is 0. The van der Waals surface area contributed by atoms with Crippen molar-refractivity contribution < 1.29 is 9.59 Å². The molecule has 0 radical (unpaired) electrons. The number of aromatic nitrogens is 2. The molecule has 6 heteroatoms. The van der Waals surface area contributed by atoms with Crippen molar-refractivity contribution in [2.75, 3.05) is 26.2 Å². The highest BCUT2D eigenvalue weighted by Gasteiger charge is 2.23. The summed E-state index contributed by atoms with van der Waals surface area (Å²) in [5.41, 5.74) is 1.56. The molecule has 0 atom stereocenters. The summed E-state index contributed by atoms with van der Waals surface area (Å²) in [6.07, 6.45) is 5.26. The Labute approximate surface area is 116 Å². The summed E-state index contributed by atoms with van der Waals surface area (Å²) < 4.78 is 1.87. The van der Waals surface area contributed by atoms with E-state index in [2.05, 4.69) is 4.98 Å². The van der Waals surface area contributed by atoms with E-state index in [0.29, 0.717) is 31.7 Å². The van der Waals surface area contributed by atoms with E-state index < -0.39 is 0 Å². The number of fused-ring (bicyclic) bond motifs is 1. The summed E-state index contributed by atoms with van der Waals surface area (Å²) in [7, 11) is 0. The Morgan fingerprint density at radius 1 is 1.15 bits per heavy atom. The van der Waals surface area contributed by atoms with Gasteiger partial charge in [-0.25, -0.2) is 4.98 Å². The topological polar surface area (TPSA) is 57.9 Å². The smallest absolute Gasteiger partial charge is 0.254 e. The first kappa shape index (κ1) is 12.7. The van der Waals surface area contributed by atoms with E-state index in [-0.39, 0.29) is 11.8 Å². The fourth-order valence-electron chi connectivity index (χ4n) is 2.46. The van der Waals surface area contributed by atoms with Crippen LogP contribution in [0.3, 0.4) is 0 Å². The molecular formula is C14H16N4O2. The van der Waals surface area contributed by atoms with Crippen molar-refractivity contribution in [3.8, 4) is 0 Å². The second-order valence-electron chi connectivity index (χ2n) is 4.94. The summed E-state index contributed by atoms with van der Waals surface area (Å²) in [4.78, 5) is 31.3. The Balaban J connectivity index is 1.74. The lowest BCUT2D eigenvalue weighted by molar-refractivity contribution is -0.130. The quantitative estimate of drug-likeness (QED) is 0.765. The maximum absolute atomic E-state index is 12.4. The zero-order valence-electron chi connectivity index (χ0n) is 11.3. The third-order valence-corrected chi connectivity index (χ3v) is 3.67. The lowest BCUT2D eigenvalue weighted by Crippen LogP contribution is -2.50. The molecule has 0 aromatic carbocycles. The minimum absolute atomic E-state index is 0.0110. The molecule has 2 amide bonds. The van der Waals surface area contributed by atoms with Crippen molar-refractivity contribution in [1.82, 2.24) is 19.2 Å². The zero-order valence-corrected chi connectivity index (χ0v) is 11.3. The van der Waals surface area contributed by atoms with Crippen LogP contribution in [0.15, 0.2) is 30.9 Å². The van der Waals surface area contributed by atoms with Crippen molar-refractivity contribution in [3.05, 3.63) is 36.4 Å². The van der Waals surface area contributed by atoms with Gasteiger partial charge < -0.3 is 14.2 Å². The first-order chi connectivity index (χ1) is 9.65. The van der Waals surface area contributed by atoms with Gasteiger partial charge in [0.2, 0.25) is 5.91 Å². The second kappa shape index (κ2) is 4.96. The third-order valence-electron chi connectivity index (χ3n) is 3.67. The molecular weight excluding hydrogens is 256 g/mol. The number of hydrogen-bond acceptors (Lipinski definition) is 3. The molecule has 2 aromatic rings. The number of piperazine rings is 1. The molecule has 0 aliphatic carbocycles. The molecule has 0 unspecified atom stereocenters. The Bertz CT molecular complexity index is 656. The van der Waals surface area contributed by atoms with Crippen LogP contribution in [0.5, 0.6) is 0 Å². The van der Waals surface area contributed by atoms with Crippen molar-refractivity contribution in [2.24, 2.45) is 0 Å². The van der Waals surface area contributed by atoms with E-state index >= 15 is 0 Å². The minimum Gasteiger partial charge on any atom is -0.339 e. The fraction of sp³-hybridized carbons (Fsp3) is 0.357. The Morgan fingerprint density at radius 3 is 2.55 bits per heavy atom. The minimum atomic E-state index is 0.0110. The van der Waals surface area contributed by atoms with E-state index in [9.17, 15) is 9.59 Å². The van der Waals surface area contributed by atoms with Gasteiger partial charge in [0.1, 0.15) is 0 Å². The molecule has 0 N–H and O–H groups in total. The van der Waals surface area contributed by atoms with Crippen LogP contribution in [0.4, 0.5) is 0 Å². The zero-order chi connectivity index (χ0) is 14.1. The number of amides is 2. The molecule has 104 valence electrons. The van der Waals surface area contributed by atoms with Gasteiger partial charge in [0.15, 0.2) is 0 Å². The van der Waals surface area contributed by atoms with Gasteiger partial charge in [-0.1, -0.05) is 0 Å². The predicted molar refractivity (Wildman–Crippen MR) is 73.3 cm³/mol. The van der Waals surface area contributed by atoms with E-state index in [1.165, 1.54) is 0 Å². The van der Waals surface area contributed by atoms with E-state index in [1.807, 2.05) is 16.7 Å².